The summed E-state index contributed by atoms with van der Waals surface area (Å²) in [6.07, 6.45) is 2.80. The summed E-state index contributed by atoms with van der Waals surface area (Å²) in [4.78, 5) is 23.9. The van der Waals surface area contributed by atoms with Crippen LogP contribution in [0.1, 0.15) is 40.0 Å². The summed E-state index contributed by atoms with van der Waals surface area (Å²) in [6, 6.07) is 0.154. The molecule has 5 heteroatoms. The number of aliphatic carboxylic acids is 1. The monoisotopic (exact) mass is 244 g/mol. The third-order valence-corrected chi connectivity index (χ3v) is 2.39. The molecule has 0 aromatic carbocycles. The fraction of sp³-hybridized carbons (Fsp3) is 0.833. The van der Waals surface area contributed by atoms with Crippen molar-refractivity contribution in [1.82, 2.24) is 10.2 Å². The molecule has 0 saturated heterocycles. The maximum Gasteiger partial charge on any atom is 0.317 e. The van der Waals surface area contributed by atoms with Crippen LogP contribution in [0.2, 0.25) is 0 Å². The summed E-state index contributed by atoms with van der Waals surface area (Å²) in [7, 11) is 0. The molecule has 0 aromatic rings. The zero-order chi connectivity index (χ0) is 13.3. The second-order valence-electron chi connectivity index (χ2n) is 4.36. The lowest BCUT2D eigenvalue weighted by molar-refractivity contribution is -0.138. The van der Waals surface area contributed by atoms with Crippen LogP contribution in [-0.2, 0) is 9.59 Å². The Kier molecular flexibility index (Phi) is 8.40. The average molecular weight is 244 g/mol. The van der Waals surface area contributed by atoms with E-state index in [9.17, 15) is 9.59 Å². The summed E-state index contributed by atoms with van der Waals surface area (Å²) in [5, 5.41) is 11.6. The predicted octanol–water partition coefficient (Wildman–Crippen LogP) is 1.09. The van der Waals surface area contributed by atoms with Gasteiger partial charge in [-0.1, -0.05) is 20.3 Å². The van der Waals surface area contributed by atoms with Gasteiger partial charge in [-0.3, -0.25) is 14.5 Å². The SMILES string of the molecule is CCCC(C)NC(=O)CN(CCC)CC(=O)O. The van der Waals surface area contributed by atoms with Gasteiger partial charge in [0, 0.05) is 6.04 Å². The average Bonchev–Trinajstić information content (AvgIpc) is 2.16. The zero-order valence-corrected chi connectivity index (χ0v) is 11.0. The maximum absolute atomic E-state index is 11.6. The van der Waals surface area contributed by atoms with Gasteiger partial charge in [0.2, 0.25) is 5.91 Å². The van der Waals surface area contributed by atoms with Gasteiger partial charge >= 0.3 is 5.97 Å². The Morgan fingerprint density at radius 1 is 1.24 bits per heavy atom. The highest BCUT2D eigenvalue weighted by Gasteiger charge is 2.14. The third kappa shape index (κ3) is 8.68. The van der Waals surface area contributed by atoms with E-state index >= 15 is 0 Å². The lowest BCUT2D eigenvalue weighted by Gasteiger charge is -2.20. The topological polar surface area (TPSA) is 69.6 Å². The molecule has 0 aliphatic carbocycles. The molecule has 0 bridgehead atoms. The van der Waals surface area contributed by atoms with Gasteiger partial charge in [-0.25, -0.2) is 0 Å². The number of carboxylic acids is 1. The van der Waals surface area contributed by atoms with Gasteiger partial charge in [-0.05, 0) is 26.3 Å². The molecule has 0 aliphatic rings. The number of carbonyl (C=O) groups is 2. The van der Waals surface area contributed by atoms with Crippen molar-refractivity contribution in [2.45, 2.75) is 46.1 Å². The molecule has 0 aliphatic heterocycles. The molecule has 2 N–H and O–H groups in total. The van der Waals surface area contributed by atoms with Crippen molar-refractivity contribution in [2.24, 2.45) is 0 Å². The van der Waals surface area contributed by atoms with Crippen LogP contribution in [0, 0.1) is 0 Å². The second kappa shape index (κ2) is 8.98. The van der Waals surface area contributed by atoms with Gasteiger partial charge in [0.25, 0.3) is 0 Å². The molecule has 0 radical (unpaired) electrons. The van der Waals surface area contributed by atoms with Crippen LogP contribution in [0.5, 0.6) is 0 Å². The summed E-state index contributed by atoms with van der Waals surface area (Å²) in [5.41, 5.74) is 0. The van der Waals surface area contributed by atoms with Crippen LogP contribution in [0.15, 0.2) is 0 Å². The largest absolute Gasteiger partial charge is 0.480 e. The highest BCUT2D eigenvalue weighted by molar-refractivity contribution is 5.79. The van der Waals surface area contributed by atoms with Crippen molar-refractivity contribution in [3.63, 3.8) is 0 Å². The Morgan fingerprint density at radius 3 is 2.35 bits per heavy atom. The molecule has 0 saturated carbocycles. The van der Waals surface area contributed by atoms with E-state index in [0.717, 1.165) is 19.3 Å². The van der Waals surface area contributed by atoms with E-state index in [0.29, 0.717) is 6.54 Å². The standard InChI is InChI=1S/C12H24N2O3/c1-4-6-10(3)13-11(15)8-14(7-5-2)9-12(16)17/h10H,4-9H2,1-3H3,(H,13,15)(H,16,17). The van der Waals surface area contributed by atoms with Crippen molar-refractivity contribution in [3.8, 4) is 0 Å². The number of nitrogens with zero attached hydrogens (tertiary/aromatic N) is 1. The number of carboxylic acid groups (broad SMARTS) is 1. The minimum Gasteiger partial charge on any atom is -0.480 e. The normalized spacial score (nSPS) is 12.5. The van der Waals surface area contributed by atoms with Gasteiger partial charge < -0.3 is 10.4 Å². The lowest BCUT2D eigenvalue weighted by Crippen LogP contribution is -2.43. The third-order valence-electron chi connectivity index (χ3n) is 2.39. The second-order valence-corrected chi connectivity index (χ2v) is 4.36. The fourth-order valence-electron chi connectivity index (χ4n) is 1.75. The first-order valence-electron chi connectivity index (χ1n) is 6.23. The minimum absolute atomic E-state index is 0.0799. The highest BCUT2D eigenvalue weighted by Crippen LogP contribution is 1.96. The first kappa shape index (κ1) is 15.9. The molecule has 0 rings (SSSR count). The smallest absolute Gasteiger partial charge is 0.317 e. The Bertz CT molecular complexity index is 244. The van der Waals surface area contributed by atoms with Crippen molar-refractivity contribution in [1.29, 1.82) is 0 Å². The van der Waals surface area contributed by atoms with E-state index < -0.39 is 5.97 Å². The number of hydrogen-bond donors (Lipinski definition) is 2. The van der Waals surface area contributed by atoms with E-state index in [-0.39, 0.29) is 25.0 Å². The number of hydrogen-bond acceptors (Lipinski definition) is 3. The first-order valence-corrected chi connectivity index (χ1v) is 6.23. The van der Waals surface area contributed by atoms with E-state index in [2.05, 4.69) is 12.2 Å². The lowest BCUT2D eigenvalue weighted by atomic mass is 10.2. The summed E-state index contributed by atoms with van der Waals surface area (Å²) >= 11 is 0. The molecule has 5 nitrogen and oxygen atoms in total. The molecular weight excluding hydrogens is 220 g/mol. The molecule has 1 amide bonds. The molecule has 0 heterocycles. The maximum atomic E-state index is 11.6. The van der Waals surface area contributed by atoms with Gasteiger partial charge in [0.15, 0.2) is 0 Å². The number of rotatable bonds is 9. The molecule has 100 valence electrons. The predicted molar refractivity (Wildman–Crippen MR) is 66.9 cm³/mol. The molecule has 17 heavy (non-hydrogen) atoms. The van der Waals surface area contributed by atoms with Crippen molar-refractivity contribution in [3.05, 3.63) is 0 Å². The summed E-state index contributed by atoms with van der Waals surface area (Å²) in [6.45, 7) is 6.70. The quantitative estimate of drug-likeness (QED) is 0.637. The van der Waals surface area contributed by atoms with Crippen molar-refractivity contribution < 1.29 is 14.7 Å². The molecule has 1 unspecified atom stereocenters. The van der Waals surface area contributed by atoms with Gasteiger partial charge in [-0.15, -0.1) is 0 Å². The molecule has 0 fully saturated rings. The van der Waals surface area contributed by atoms with Crippen LogP contribution in [0.4, 0.5) is 0 Å². The highest BCUT2D eigenvalue weighted by atomic mass is 16.4. The van der Waals surface area contributed by atoms with Gasteiger partial charge in [-0.2, -0.15) is 0 Å². The van der Waals surface area contributed by atoms with E-state index in [4.69, 9.17) is 5.11 Å². The van der Waals surface area contributed by atoms with Crippen LogP contribution in [-0.4, -0.2) is 47.6 Å². The summed E-state index contributed by atoms with van der Waals surface area (Å²) < 4.78 is 0. The Balaban J connectivity index is 4.06. The Labute approximate surface area is 103 Å². The number of carbonyl (C=O) groups excluding carboxylic acids is 1. The first-order chi connectivity index (χ1) is 7.99. The molecular formula is C12H24N2O3. The van der Waals surface area contributed by atoms with E-state index in [1.54, 1.807) is 4.90 Å². The van der Waals surface area contributed by atoms with Crippen LogP contribution < -0.4 is 5.32 Å². The minimum atomic E-state index is -0.896. The Morgan fingerprint density at radius 2 is 1.88 bits per heavy atom. The number of nitrogens with one attached hydrogen (secondary N) is 1. The molecule has 0 aromatic heterocycles. The van der Waals surface area contributed by atoms with Gasteiger partial charge in [0.1, 0.15) is 0 Å². The van der Waals surface area contributed by atoms with E-state index in [1.165, 1.54) is 0 Å². The zero-order valence-electron chi connectivity index (χ0n) is 11.0. The van der Waals surface area contributed by atoms with Gasteiger partial charge in [0.05, 0.1) is 13.1 Å². The van der Waals surface area contributed by atoms with Crippen molar-refractivity contribution >= 4 is 11.9 Å². The van der Waals surface area contributed by atoms with Crippen LogP contribution >= 0.6 is 0 Å². The van der Waals surface area contributed by atoms with Crippen LogP contribution in [0.3, 0.4) is 0 Å². The van der Waals surface area contributed by atoms with Crippen LogP contribution in [0.25, 0.3) is 0 Å². The van der Waals surface area contributed by atoms with E-state index in [1.807, 2.05) is 13.8 Å². The fourth-order valence-corrected chi connectivity index (χ4v) is 1.75. The molecule has 1 atom stereocenters. The molecule has 0 spiro atoms. The summed E-state index contributed by atoms with van der Waals surface area (Å²) in [5.74, 6) is -0.992. The van der Waals surface area contributed by atoms with Crippen molar-refractivity contribution in [2.75, 3.05) is 19.6 Å². The number of amides is 1. The Hall–Kier alpha value is -1.10.